The average molecular weight is 674 g/mol. The summed E-state index contributed by atoms with van der Waals surface area (Å²) in [7, 11) is 0. The summed E-state index contributed by atoms with van der Waals surface area (Å²) in [6.45, 7) is 15.7. The van der Waals surface area contributed by atoms with E-state index in [1.165, 1.54) is 32.3 Å². The van der Waals surface area contributed by atoms with Gasteiger partial charge in [0.25, 0.3) is 0 Å². The van der Waals surface area contributed by atoms with Gasteiger partial charge in [-0.15, -0.1) is 0 Å². The summed E-state index contributed by atoms with van der Waals surface area (Å²) in [6, 6.07) is 3.04. The van der Waals surface area contributed by atoms with E-state index in [1.54, 1.807) is 33.8 Å². The van der Waals surface area contributed by atoms with Gasteiger partial charge < -0.3 is 23.7 Å². The molecule has 0 spiro atoms. The van der Waals surface area contributed by atoms with E-state index in [2.05, 4.69) is 11.6 Å². The molecule has 10 atom stereocenters. The molecule has 14 nitrogen and oxygen atoms in total. The second kappa shape index (κ2) is 14.1. The molecule has 1 aromatic rings. The van der Waals surface area contributed by atoms with E-state index in [0.717, 1.165) is 13.8 Å². The molecule has 2 aliphatic carbocycles. The summed E-state index contributed by atoms with van der Waals surface area (Å²) in [5, 5.41) is 0. The zero-order valence-corrected chi connectivity index (χ0v) is 28.4. The number of hydrogen-bond donors (Lipinski definition) is 0. The SMILES string of the molecule is C=C1[C@H](OC(C)=O)C[C@@H](OOC(=O)c2cccnc2)C(C)(C)[C@@H]2O[C@@H]2[C@@H](C)C(=O)[C@@]2(OC(C)=O)C[C@H](C)[C@H](OC(C)=O)[C@@H]2[C@H]1OC(C)=O. The molecule has 0 N–H and O–H groups in total. The molecular formula is C34H43NO13. The largest absolute Gasteiger partial charge is 0.462 e. The number of carbonyl (C=O) groups excluding carboxylic acids is 6. The van der Waals surface area contributed by atoms with Crippen LogP contribution in [0.4, 0.5) is 0 Å². The van der Waals surface area contributed by atoms with Crippen molar-refractivity contribution in [3.63, 3.8) is 0 Å². The van der Waals surface area contributed by atoms with Gasteiger partial charge in [0.1, 0.15) is 24.4 Å². The first-order chi connectivity index (χ1) is 22.4. The molecule has 2 heterocycles. The highest BCUT2D eigenvalue weighted by Gasteiger charge is 2.68. The third-order valence-electron chi connectivity index (χ3n) is 9.39. The fourth-order valence-electron chi connectivity index (χ4n) is 7.16. The highest BCUT2D eigenvalue weighted by Crippen LogP contribution is 2.54. The maximum atomic E-state index is 14.7. The van der Waals surface area contributed by atoms with E-state index < -0.39 is 101 Å². The van der Waals surface area contributed by atoms with Crippen LogP contribution in [-0.4, -0.2) is 82.8 Å². The Balaban J connectivity index is 1.88. The van der Waals surface area contributed by atoms with E-state index in [1.807, 2.05) is 0 Å². The van der Waals surface area contributed by atoms with E-state index in [-0.39, 0.29) is 24.0 Å². The van der Waals surface area contributed by atoms with Gasteiger partial charge in [0.2, 0.25) is 0 Å². The molecule has 0 unspecified atom stereocenters. The number of pyridine rings is 1. The number of esters is 4. The normalized spacial score (nSPS) is 34.2. The summed E-state index contributed by atoms with van der Waals surface area (Å²) in [5.74, 6) is -7.11. The first-order valence-corrected chi connectivity index (χ1v) is 15.8. The van der Waals surface area contributed by atoms with E-state index in [4.69, 9.17) is 33.5 Å². The number of fused-ring (bicyclic) bond motifs is 2. The molecule has 1 saturated heterocycles. The Kier molecular flexibility index (Phi) is 10.8. The summed E-state index contributed by atoms with van der Waals surface area (Å²) in [6.07, 6.45) is -3.69. The Hall–Kier alpha value is -4.17. The van der Waals surface area contributed by atoms with Crippen LogP contribution in [0, 0.1) is 23.2 Å². The molecule has 3 aliphatic rings. The Morgan fingerprint density at radius 3 is 2.17 bits per heavy atom. The number of Topliss-reactive ketones (excluding diaryl/α,β-unsaturated/α-hetero) is 1. The molecule has 0 radical (unpaired) electrons. The molecule has 262 valence electrons. The van der Waals surface area contributed by atoms with Crippen LogP contribution in [0.3, 0.4) is 0 Å². The van der Waals surface area contributed by atoms with Gasteiger partial charge in [-0.05, 0) is 18.1 Å². The second-order valence-electron chi connectivity index (χ2n) is 13.4. The summed E-state index contributed by atoms with van der Waals surface area (Å²) in [5.41, 5.74) is -2.84. The topological polar surface area (TPSA) is 183 Å². The minimum absolute atomic E-state index is 0.00884. The quantitative estimate of drug-likeness (QED) is 0.103. The van der Waals surface area contributed by atoms with Gasteiger partial charge in [0.15, 0.2) is 11.4 Å². The number of ketones is 1. The van der Waals surface area contributed by atoms with E-state index >= 15 is 0 Å². The van der Waals surface area contributed by atoms with Crippen molar-refractivity contribution in [1.82, 2.24) is 4.98 Å². The lowest BCUT2D eigenvalue weighted by Gasteiger charge is -2.42. The third-order valence-corrected chi connectivity index (χ3v) is 9.39. The molecule has 14 heteroatoms. The van der Waals surface area contributed by atoms with Gasteiger partial charge in [-0.1, -0.05) is 34.3 Å². The number of epoxide rings is 1. The van der Waals surface area contributed by atoms with Crippen LogP contribution in [0.25, 0.3) is 0 Å². The lowest BCUT2D eigenvalue weighted by molar-refractivity contribution is -0.302. The third kappa shape index (κ3) is 7.44. The highest BCUT2D eigenvalue weighted by atomic mass is 17.2. The maximum Gasteiger partial charge on any atom is 0.374 e. The van der Waals surface area contributed by atoms with Crippen LogP contribution in [0.2, 0.25) is 0 Å². The lowest BCUT2D eigenvalue weighted by atomic mass is 9.70. The summed E-state index contributed by atoms with van der Waals surface area (Å²) >= 11 is 0. The minimum atomic E-state index is -1.95. The minimum Gasteiger partial charge on any atom is -0.462 e. The Bertz CT molecular complexity index is 1460. The smallest absolute Gasteiger partial charge is 0.374 e. The van der Waals surface area contributed by atoms with Crippen LogP contribution in [0.1, 0.15) is 78.6 Å². The second-order valence-corrected chi connectivity index (χ2v) is 13.4. The molecule has 1 aromatic heterocycles. The highest BCUT2D eigenvalue weighted by molar-refractivity contribution is 5.93. The molecule has 4 rings (SSSR count). The summed E-state index contributed by atoms with van der Waals surface area (Å²) in [4.78, 5) is 92.9. The van der Waals surface area contributed by atoms with Gasteiger partial charge in [0.05, 0.1) is 23.7 Å². The predicted octanol–water partition coefficient (Wildman–Crippen LogP) is 3.25. The Morgan fingerprint density at radius 2 is 1.60 bits per heavy atom. The molecule has 0 amide bonds. The monoisotopic (exact) mass is 673 g/mol. The van der Waals surface area contributed by atoms with Gasteiger partial charge in [-0.2, -0.15) is 4.89 Å². The number of nitrogens with zero attached hydrogens (tertiary/aromatic N) is 1. The first-order valence-electron chi connectivity index (χ1n) is 15.8. The Morgan fingerprint density at radius 1 is 0.958 bits per heavy atom. The number of aromatic nitrogens is 1. The van der Waals surface area contributed by atoms with Crippen LogP contribution < -0.4 is 0 Å². The van der Waals surface area contributed by atoms with Crippen molar-refractivity contribution in [1.29, 1.82) is 0 Å². The maximum absolute atomic E-state index is 14.7. The van der Waals surface area contributed by atoms with Crippen molar-refractivity contribution in [2.24, 2.45) is 23.2 Å². The molecule has 0 aromatic carbocycles. The lowest BCUT2D eigenvalue weighted by Crippen LogP contribution is -2.58. The first kappa shape index (κ1) is 36.7. The van der Waals surface area contributed by atoms with Crippen molar-refractivity contribution in [2.45, 2.75) is 110 Å². The van der Waals surface area contributed by atoms with Gasteiger partial charge in [0, 0.05) is 69.8 Å². The zero-order valence-electron chi connectivity index (χ0n) is 28.4. The van der Waals surface area contributed by atoms with Crippen LogP contribution in [0.15, 0.2) is 36.7 Å². The molecule has 3 fully saturated rings. The fourth-order valence-corrected chi connectivity index (χ4v) is 7.16. The number of rotatable bonds is 7. The van der Waals surface area contributed by atoms with Crippen molar-refractivity contribution < 1.29 is 62.2 Å². The van der Waals surface area contributed by atoms with Gasteiger partial charge in [-0.25, -0.2) is 4.79 Å². The van der Waals surface area contributed by atoms with Crippen molar-refractivity contribution in [2.75, 3.05) is 0 Å². The molecule has 1 aliphatic heterocycles. The van der Waals surface area contributed by atoms with Crippen LogP contribution in [-0.2, 0) is 57.4 Å². The standard InChI is InChI=1S/C34H43NO13/c1-16-14-34(46-22(7)39)26(27(16)43-20(5)37)28(44-21(6)38)17(2)24(42-19(4)36)13-25(47-48-32(41)23-11-10-12-35-15-23)33(8,9)31-29(45-31)18(3)30(34)40/h10-12,15-16,18,24-29,31H,2,13-14H2,1,3-9H3/t16-,18+,24+,25+,26+,27-,28-,29+,31+,34+/m0/s1. The van der Waals surface area contributed by atoms with Gasteiger partial charge >= 0.3 is 29.8 Å². The Labute approximate surface area is 278 Å². The zero-order chi connectivity index (χ0) is 35.7. The molecule has 2 saturated carbocycles. The number of carbonyl (C=O) groups is 6. The average Bonchev–Trinajstić information content (AvgIpc) is 3.77. The number of hydrogen-bond acceptors (Lipinski definition) is 14. The van der Waals surface area contributed by atoms with Crippen molar-refractivity contribution in [3.8, 4) is 0 Å². The van der Waals surface area contributed by atoms with E-state index in [0.29, 0.717) is 0 Å². The molecule has 48 heavy (non-hydrogen) atoms. The predicted molar refractivity (Wildman–Crippen MR) is 163 cm³/mol. The van der Waals surface area contributed by atoms with Crippen molar-refractivity contribution >= 4 is 35.6 Å². The van der Waals surface area contributed by atoms with Gasteiger partial charge in [-0.3, -0.25) is 33.8 Å². The summed E-state index contributed by atoms with van der Waals surface area (Å²) < 4.78 is 29.4. The molecular weight excluding hydrogens is 630 g/mol. The fraction of sp³-hybridized carbons (Fsp3) is 0.618. The van der Waals surface area contributed by atoms with E-state index in [9.17, 15) is 28.8 Å². The number of ether oxygens (including phenoxy) is 5. The van der Waals surface area contributed by atoms with Crippen molar-refractivity contribution in [3.05, 3.63) is 42.2 Å². The molecule has 0 bridgehead atoms. The van der Waals surface area contributed by atoms with Crippen LogP contribution >= 0.6 is 0 Å². The van der Waals surface area contributed by atoms with Crippen LogP contribution in [0.5, 0.6) is 0 Å².